The average Bonchev–Trinajstić information content (AvgIpc) is 2.53. The van der Waals surface area contributed by atoms with Crippen LogP contribution in [0.1, 0.15) is 25.1 Å². The lowest BCUT2D eigenvalue weighted by atomic mass is 10.1. The summed E-state index contributed by atoms with van der Waals surface area (Å²) in [5.74, 6) is 1.09. The lowest BCUT2D eigenvalue weighted by Crippen LogP contribution is -2.27. The Hall–Kier alpha value is -3.03. The zero-order chi connectivity index (χ0) is 17.9. The van der Waals surface area contributed by atoms with Crippen molar-refractivity contribution in [2.24, 2.45) is 4.99 Å². The van der Waals surface area contributed by atoms with Crippen LogP contribution in [0.15, 0.2) is 23.3 Å². The van der Waals surface area contributed by atoms with Gasteiger partial charge in [-0.05, 0) is 32.9 Å². The summed E-state index contributed by atoms with van der Waals surface area (Å²) in [5.41, 5.74) is 13.3. The molecular formula is C16H21N7O. The molecule has 0 unspecified atom stereocenters. The minimum absolute atomic E-state index is 0.148. The largest absolute Gasteiger partial charge is 0.384 e. The number of aliphatic imine (C=N–C) groups is 1. The highest BCUT2D eigenvalue weighted by molar-refractivity contribution is 6.37. The molecule has 24 heavy (non-hydrogen) atoms. The maximum absolute atomic E-state index is 11.6. The molecular weight excluding hydrogens is 306 g/mol. The summed E-state index contributed by atoms with van der Waals surface area (Å²) >= 11 is 0. The van der Waals surface area contributed by atoms with Gasteiger partial charge in [0.1, 0.15) is 17.2 Å². The first-order valence-corrected chi connectivity index (χ1v) is 7.46. The molecule has 2 heterocycles. The number of hydrogen-bond acceptors (Lipinski definition) is 8. The molecule has 0 spiro atoms. The van der Waals surface area contributed by atoms with Gasteiger partial charge < -0.3 is 16.4 Å². The Labute approximate surface area is 140 Å². The summed E-state index contributed by atoms with van der Waals surface area (Å²) in [4.78, 5) is 30.3. The highest BCUT2D eigenvalue weighted by atomic mass is 16.1. The van der Waals surface area contributed by atoms with E-state index in [0.717, 1.165) is 0 Å². The van der Waals surface area contributed by atoms with Crippen LogP contribution in [0.25, 0.3) is 0 Å². The SMILES string of the molecule is Cc1nc(N)ccc1/C(C=O)=N/c1cnc(N)nc1N(C)C(C)C. The topological polar surface area (TPSA) is 123 Å². The van der Waals surface area contributed by atoms with E-state index in [-0.39, 0.29) is 17.7 Å². The van der Waals surface area contributed by atoms with Gasteiger partial charge in [-0.25, -0.2) is 15.0 Å². The Balaban J connectivity index is 2.57. The summed E-state index contributed by atoms with van der Waals surface area (Å²) in [7, 11) is 1.88. The van der Waals surface area contributed by atoms with E-state index in [4.69, 9.17) is 11.5 Å². The van der Waals surface area contributed by atoms with Crippen LogP contribution in [0, 0.1) is 6.92 Å². The number of carbonyl (C=O) groups is 1. The van der Waals surface area contributed by atoms with Crippen LogP contribution < -0.4 is 16.4 Å². The quantitative estimate of drug-likeness (QED) is 0.630. The number of nitrogen functional groups attached to an aromatic ring is 2. The first kappa shape index (κ1) is 17.3. The Morgan fingerprint density at radius 2 is 2.00 bits per heavy atom. The second-order valence-electron chi connectivity index (χ2n) is 5.63. The second kappa shape index (κ2) is 7.03. The van der Waals surface area contributed by atoms with Crippen LogP contribution >= 0.6 is 0 Å². The number of nitrogens with zero attached hydrogens (tertiary/aromatic N) is 5. The molecule has 0 radical (unpaired) electrons. The number of nitrogens with two attached hydrogens (primary N) is 2. The number of pyridine rings is 1. The van der Waals surface area contributed by atoms with Gasteiger partial charge in [0.05, 0.1) is 6.20 Å². The molecule has 0 saturated carbocycles. The normalized spacial score (nSPS) is 11.6. The Bertz CT molecular complexity index is 786. The van der Waals surface area contributed by atoms with Crippen molar-refractivity contribution >= 4 is 35.3 Å². The van der Waals surface area contributed by atoms with Crippen molar-refractivity contribution in [3.05, 3.63) is 29.6 Å². The van der Waals surface area contributed by atoms with E-state index in [9.17, 15) is 4.79 Å². The van der Waals surface area contributed by atoms with E-state index in [0.29, 0.717) is 34.9 Å². The van der Waals surface area contributed by atoms with Gasteiger partial charge in [-0.3, -0.25) is 4.79 Å². The Morgan fingerprint density at radius 1 is 1.29 bits per heavy atom. The average molecular weight is 327 g/mol. The summed E-state index contributed by atoms with van der Waals surface area (Å²) in [6.07, 6.45) is 2.18. The number of aryl methyl sites for hydroxylation is 1. The molecule has 0 fully saturated rings. The summed E-state index contributed by atoms with van der Waals surface area (Å²) in [5, 5.41) is 0. The van der Waals surface area contributed by atoms with Gasteiger partial charge in [-0.2, -0.15) is 4.98 Å². The van der Waals surface area contributed by atoms with Gasteiger partial charge in [-0.15, -0.1) is 0 Å². The third-order valence-corrected chi connectivity index (χ3v) is 3.61. The number of carbonyl (C=O) groups excluding carboxylic acids is 1. The molecule has 0 bridgehead atoms. The van der Waals surface area contributed by atoms with Gasteiger partial charge >= 0.3 is 0 Å². The highest BCUT2D eigenvalue weighted by Crippen LogP contribution is 2.27. The van der Waals surface area contributed by atoms with Gasteiger partial charge in [0.2, 0.25) is 5.95 Å². The maximum atomic E-state index is 11.6. The van der Waals surface area contributed by atoms with Gasteiger partial charge in [0.25, 0.3) is 0 Å². The lowest BCUT2D eigenvalue weighted by molar-refractivity contribution is -0.102. The standard InChI is InChI=1S/C16H21N7O/c1-9(2)23(4)15-12(7-19-16(18)22-15)21-13(8-24)11-5-6-14(17)20-10(11)3/h5-9H,1-4H3,(H2,17,20)(H2,18,19,22)/b21-13+. The molecule has 126 valence electrons. The third kappa shape index (κ3) is 3.65. The molecule has 0 aromatic carbocycles. The fraction of sp³-hybridized carbons (Fsp3) is 0.312. The second-order valence-corrected chi connectivity index (χ2v) is 5.63. The molecule has 0 aliphatic rings. The predicted octanol–water partition coefficient (Wildman–Crippen LogP) is 1.51. The van der Waals surface area contributed by atoms with E-state index in [2.05, 4.69) is 19.9 Å². The van der Waals surface area contributed by atoms with Crippen LogP contribution in [-0.4, -0.2) is 40.0 Å². The number of aromatic nitrogens is 3. The zero-order valence-corrected chi connectivity index (χ0v) is 14.2. The van der Waals surface area contributed by atoms with E-state index < -0.39 is 0 Å². The van der Waals surface area contributed by atoms with Crippen molar-refractivity contribution in [1.29, 1.82) is 0 Å². The Kier molecular flexibility index (Phi) is 5.08. The molecule has 0 saturated heterocycles. The van der Waals surface area contributed by atoms with Gasteiger partial charge in [0.15, 0.2) is 12.1 Å². The van der Waals surface area contributed by atoms with Crippen molar-refractivity contribution in [3.8, 4) is 0 Å². The van der Waals surface area contributed by atoms with E-state index in [1.807, 2.05) is 25.8 Å². The van der Waals surface area contributed by atoms with Gasteiger partial charge in [0, 0.05) is 24.3 Å². The minimum atomic E-state index is 0.148. The van der Waals surface area contributed by atoms with Gasteiger partial charge in [-0.1, -0.05) is 0 Å². The van der Waals surface area contributed by atoms with Crippen molar-refractivity contribution in [2.45, 2.75) is 26.8 Å². The van der Waals surface area contributed by atoms with E-state index in [1.165, 1.54) is 6.20 Å². The highest BCUT2D eigenvalue weighted by Gasteiger charge is 2.15. The van der Waals surface area contributed by atoms with E-state index >= 15 is 0 Å². The molecule has 8 heteroatoms. The van der Waals surface area contributed by atoms with Crippen molar-refractivity contribution in [1.82, 2.24) is 15.0 Å². The van der Waals surface area contributed by atoms with E-state index in [1.54, 1.807) is 19.1 Å². The van der Waals surface area contributed by atoms with Crippen LogP contribution in [-0.2, 0) is 4.79 Å². The molecule has 2 rings (SSSR count). The first-order valence-electron chi connectivity index (χ1n) is 7.46. The number of hydrogen-bond donors (Lipinski definition) is 2. The minimum Gasteiger partial charge on any atom is -0.384 e. The molecule has 4 N–H and O–H groups in total. The fourth-order valence-corrected chi connectivity index (χ4v) is 2.09. The van der Waals surface area contributed by atoms with Crippen LogP contribution in [0.3, 0.4) is 0 Å². The smallest absolute Gasteiger partial charge is 0.222 e. The van der Waals surface area contributed by atoms with Crippen LogP contribution in [0.4, 0.5) is 23.3 Å². The molecule has 2 aromatic rings. The molecule has 0 amide bonds. The van der Waals surface area contributed by atoms with Crippen molar-refractivity contribution < 1.29 is 4.79 Å². The summed E-state index contributed by atoms with van der Waals surface area (Å²) < 4.78 is 0. The van der Waals surface area contributed by atoms with Crippen LogP contribution in [0.5, 0.6) is 0 Å². The van der Waals surface area contributed by atoms with Crippen molar-refractivity contribution in [2.75, 3.05) is 23.4 Å². The summed E-state index contributed by atoms with van der Waals surface area (Å²) in [6.45, 7) is 5.80. The maximum Gasteiger partial charge on any atom is 0.222 e. The van der Waals surface area contributed by atoms with Crippen molar-refractivity contribution in [3.63, 3.8) is 0 Å². The van der Waals surface area contributed by atoms with Crippen LogP contribution in [0.2, 0.25) is 0 Å². The summed E-state index contributed by atoms with van der Waals surface area (Å²) in [6, 6.07) is 3.52. The molecule has 0 atom stereocenters. The zero-order valence-electron chi connectivity index (χ0n) is 14.2. The Morgan fingerprint density at radius 3 is 2.58 bits per heavy atom. The molecule has 2 aromatic heterocycles. The number of anilines is 3. The monoisotopic (exact) mass is 327 g/mol. The first-order chi connectivity index (χ1) is 11.3. The number of rotatable bonds is 5. The predicted molar refractivity (Wildman–Crippen MR) is 95.6 cm³/mol. The molecule has 8 nitrogen and oxygen atoms in total. The molecule has 0 aliphatic carbocycles. The lowest BCUT2D eigenvalue weighted by Gasteiger charge is -2.23. The fourth-order valence-electron chi connectivity index (χ4n) is 2.09. The number of aldehydes is 1. The molecule has 0 aliphatic heterocycles. The third-order valence-electron chi connectivity index (χ3n) is 3.61.